The molecule has 2 aromatic carbocycles. The number of aryl methyl sites for hydroxylation is 1. The molecule has 2 fully saturated rings. The van der Waals surface area contributed by atoms with E-state index in [-0.39, 0.29) is 29.8 Å². The number of amides is 2. The Bertz CT molecular complexity index is 1290. The topological polar surface area (TPSA) is 84.3 Å². The Morgan fingerprint density at radius 1 is 1.06 bits per heavy atom. The third-order valence-electron chi connectivity index (χ3n) is 6.60. The van der Waals surface area contributed by atoms with Crippen LogP contribution in [0.3, 0.4) is 0 Å². The van der Waals surface area contributed by atoms with Gasteiger partial charge in [-0.05, 0) is 62.4 Å². The van der Waals surface area contributed by atoms with Crippen LogP contribution in [0, 0.1) is 6.92 Å². The highest BCUT2D eigenvalue weighted by atomic mass is 16.2. The molecule has 3 aromatic rings. The van der Waals surface area contributed by atoms with Gasteiger partial charge < -0.3 is 10.2 Å². The maximum Gasteiger partial charge on any atom is 0.261 e. The van der Waals surface area contributed by atoms with Gasteiger partial charge in [-0.1, -0.05) is 18.2 Å². The zero-order chi connectivity index (χ0) is 22.9. The van der Waals surface area contributed by atoms with Crippen LogP contribution < -0.4 is 10.9 Å². The Balaban J connectivity index is 1.32. The quantitative estimate of drug-likeness (QED) is 0.626. The lowest BCUT2D eigenvalue weighted by Crippen LogP contribution is -2.28. The minimum Gasteiger partial charge on any atom is -0.339 e. The fourth-order valence-electron chi connectivity index (χ4n) is 4.61. The Hall–Kier alpha value is -3.48. The summed E-state index contributed by atoms with van der Waals surface area (Å²) < 4.78 is 1.77. The Morgan fingerprint density at radius 2 is 1.82 bits per heavy atom. The van der Waals surface area contributed by atoms with Crippen LogP contribution in [0.25, 0.3) is 10.9 Å². The van der Waals surface area contributed by atoms with E-state index in [1.807, 2.05) is 48.2 Å². The molecule has 0 radical (unpaired) electrons. The Labute approximate surface area is 192 Å². The second-order valence-corrected chi connectivity index (χ2v) is 8.98. The number of fused-ring (bicyclic) bond motifs is 1. The first-order chi connectivity index (χ1) is 16.0. The van der Waals surface area contributed by atoms with Crippen molar-refractivity contribution in [3.05, 3.63) is 69.8 Å². The van der Waals surface area contributed by atoms with Gasteiger partial charge in [0.1, 0.15) is 5.82 Å². The molecule has 7 nitrogen and oxygen atoms in total. The van der Waals surface area contributed by atoms with Crippen LogP contribution in [0.1, 0.15) is 59.9 Å². The van der Waals surface area contributed by atoms with Crippen LogP contribution in [-0.4, -0.2) is 39.4 Å². The largest absolute Gasteiger partial charge is 0.339 e. The Morgan fingerprint density at radius 3 is 2.58 bits per heavy atom. The number of aromatic nitrogens is 2. The molecule has 1 N–H and O–H groups in total. The van der Waals surface area contributed by atoms with Crippen LogP contribution in [0.2, 0.25) is 0 Å². The fraction of sp³-hybridized carbons (Fsp3) is 0.385. The number of nitrogens with one attached hydrogen (secondary N) is 1. The third kappa shape index (κ3) is 4.27. The molecule has 2 amide bonds. The molecule has 5 rings (SSSR count). The molecule has 2 heterocycles. The van der Waals surface area contributed by atoms with Crippen molar-refractivity contribution >= 4 is 28.4 Å². The number of likely N-dealkylation sites (tertiary alicyclic amines) is 1. The Kier molecular flexibility index (Phi) is 5.70. The lowest BCUT2D eigenvalue weighted by atomic mass is 10.1. The van der Waals surface area contributed by atoms with Gasteiger partial charge in [-0.2, -0.15) is 0 Å². The number of hydrogen-bond donors (Lipinski definition) is 1. The molecule has 0 unspecified atom stereocenters. The van der Waals surface area contributed by atoms with E-state index in [1.165, 1.54) is 0 Å². The van der Waals surface area contributed by atoms with E-state index < -0.39 is 0 Å². The molecular formula is C26H28N4O3. The maximum atomic E-state index is 13.0. The van der Waals surface area contributed by atoms with E-state index in [0.29, 0.717) is 34.4 Å². The summed E-state index contributed by atoms with van der Waals surface area (Å²) >= 11 is 0. The monoisotopic (exact) mass is 444 g/mol. The van der Waals surface area contributed by atoms with Crippen LogP contribution >= 0.6 is 0 Å². The van der Waals surface area contributed by atoms with Crippen LogP contribution in [-0.2, 0) is 11.2 Å². The highest BCUT2D eigenvalue weighted by Crippen LogP contribution is 2.35. The molecule has 0 spiro atoms. The summed E-state index contributed by atoms with van der Waals surface area (Å²) in [7, 11) is 0. The molecule has 1 aliphatic heterocycles. The minimum absolute atomic E-state index is 0.0231. The van der Waals surface area contributed by atoms with Gasteiger partial charge in [-0.3, -0.25) is 19.0 Å². The fourth-order valence-corrected chi connectivity index (χ4v) is 4.61. The smallest absolute Gasteiger partial charge is 0.261 e. The summed E-state index contributed by atoms with van der Waals surface area (Å²) in [5, 5.41) is 3.58. The van der Waals surface area contributed by atoms with Gasteiger partial charge in [0, 0.05) is 43.2 Å². The second kappa shape index (κ2) is 8.81. The normalized spacial score (nSPS) is 15.7. The van der Waals surface area contributed by atoms with E-state index >= 15 is 0 Å². The van der Waals surface area contributed by atoms with Gasteiger partial charge in [0.25, 0.3) is 11.5 Å². The van der Waals surface area contributed by atoms with Crippen molar-refractivity contribution in [1.29, 1.82) is 0 Å². The zero-order valence-electron chi connectivity index (χ0n) is 18.8. The number of para-hydroxylation sites is 1. The maximum absolute atomic E-state index is 13.0. The third-order valence-corrected chi connectivity index (χ3v) is 6.60. The van der Waals surface area contributed by atoms with Gasteiger partial charge in [-0.25, -0.2) is 4.98 Å². The summed E-state index contributed by atoms with van der Waals surface area (Å²) in [4.78, 5) is 45.2. The first kappa shape index (κ1) is 21.4. The van der Waals surface area contributed by atoms with Crippen molar-refractivity contribution in [2.75, 3.05) is 18.4 Å². The number of benzene rings is 2. The predicted molar refractivity (Wildman–Crippen MR) is 128 cm³/mol. The summed E-state index contributed by atoms with van der Waals surface area (Å²) in [5.74, 6) is 0.523. The number of anilines is 1. The molecule has 7 heteroatoms. The van der Waals surface area contributed by atoms with E-state index in [9.17, 15) is 14.4 Å². The van der Waals surface area contributed by atoms with Crippen LogP contribution in [0.15, 0.2) is 47.3 Å². The van der Waals surface area contributed by atoms with Crippen molar-refractivity contribution in [1.82, 2.24) is 14.5 Å². The average molecular weight is 445 g/mol. The van der Waals surface area contributed by atoms with Crippen molar-refractivity contribution in [2.24, 2.45) is 0 Å². The second-order valence-electron chi connectivity index (χ2n) is 8.98. The molecule has 2 aliphatic rings. The SMILES string of the molecule is Cc1c(NC(=O)CCc2nc3ccccc3c(=O)n2C2CC2)cccc1C(=O)N1CCCC1. The van der Waals surface area contributed by atoms with Crippen molar-refractivity contribution in [2.45, 2.75) is 51.5 Å². The van der Waals surface area contributed by atoms with Gasteiger partial charge in [0.15, 0.2) is 0 Å². The highest BCUT2D eigenvalue weighted by Gasteiger charge is 2.28. The lowest BCUT2D eigenvalue weighted by Gasteiger charge is -2.18. The number of hydrogen-bond acceptors (Lipinski definition) is 4. The summed E-state index contributed by atoms with van der Waals surface area (Å²) in [6.45, 7) is 3.45. The van der Waals surface area contributed by atoms with Gasteiger partial charge in [-0.15, -0.1) is 0 Å². The molecule has 170 valence electrons. The number of carbonyl (C=O) groups excluding carboxylic acids is 2. The highest BCUT2D eigenvalue weighted by molar-refractivity contribution is 5.99. The summed E-state index contributed by atoms with van der Waals surface area (Å²) in [5.41, 5.74) is 2.70. The number of nitrogens with zero attached hydrogens (tertiary/aromatic N) is 3. The molecule has 0 bridgehead atoms. The van der Waals surface area contributed by atoms with E-state index in [1.54, 1.807) is 10.6 Å². The van der Waals surface area contributed by atoms with Crippen molar-refractivity contribution in [3.8, 4) is 0 Å². The van der Waals surface area contributed by atoms with Gasteiger partial charge in [0.05, 0.1) is 10.9 Å². The molecule has 33 heavy (non-hydrogen) atoms. The van der Waals surface area contributed by atoms with Crippen LogP contribution in [0.4, 0.5) is 5.69 Å². The minimum atomic E-state index is -0.159. The standard InChI is InChI=1S/C26H28N4O3/c1-17-19(25(32)29-15-4-5-16-29)8-6-10-21(17)28-24(31)14-13-23-27-22-9-3-2-7-20(22)26(33)30(23)18-11-12-18/h2-3,6-10,18H,4-5,11-16H2,1H3,(H,28,31). The zero-order valence-corrected chi connectivity index (χ0v) is 18.8. The van der Waals surface area contributed by atoms with Crippen molar-refractivity contribution in [3.63, 3.8) is 0 Å². The van der Waals surface area contributed by atoms with E-state index in [4.69, 9.17) is 4.98 Å². The first-order valence-electron chi connectivity index (χ1n) is 11.7. The molecule has 1 aliphatic carbocycles. The molecule has 1 aromatic heterocycles. The van der Waals surface area contributed by atoms with E-state index in [0.717, 1.165) is 44.3 Å². The van der Waals surface area contributed by atoms with Gasteiger partial charge in [0.2, 0.25) is 5.91 Å². The first-order valence-corrected chi connectivity index (χ1v) is 11.7. The summed E-state index contributed by atoms with van der Waals surface area (Å²) in [6.07, 6.45) is 4.60. The van der Waals surface area contributed by atoms with E-state index in [2.05, 4.69) is 5.32 Å². The molecule has 1 saturated heterocycles. The van der Waals surface area contributed by atoms with Gasteiger partial charge >= 0.3 is 0 Å². The number of carbonyl (C=O) groups is 2. The number of rotatable bonds is 6. The van der Waals surface area contributed by atoms with Crippen molar-refractivity contribution < 1.29 is 9.59 Å². The lowest BCUT2D eigenvalue weighted by molar-refractivity contribution is -0.116. The predicted octanol–water partition coefficient (Wildman–Crippen LogP) is 3.85. The molecular weight excluding hydrogens is 416 g/mol. The summed E-state index contributed by atoms with van der Waals surface area (Å²) in [6, 6.07) is 13.0. The molecule has 0 atom stereocenters. The molecule has 1 saturated carbocycles. The average Bonchev–Trinajstić information content (AvgIpc) is 3.50. The van der Waals surface area contributed by atoms with Crippen LogP contribution in [0.5, 0.6) is 0 Å².